The lowest BCUT2D eigenvalue weighted by atomic mass is 9.95. The van der Waals surface area contributed by atoms with E-state index in [1.807, 2.05) is 20.8 Å². The summed E-state index contributed by atoms with van der Waals surface area (Å²) in [7, 11) is 0. The fourth-order valence-electron chi connectivity index (χ4n) is 1.28. The number of nitrogens with zero attached hydrogens (tertiary/aromatic N) is 4. The number of hydrogen-bond donors (Lipinski definition) is 2. The van der Waals surface area contributed by atoms with Crippen LogP contribution in [0.25, 0.3) is 0 Å². The second-order valence-electron chi connectivity index (χ2n) is 5.59. The van der Waals surface area contributed by atoms with Gasteiger partial charge in [-0.25, -0.2) is 4.68 Å². The molecule has 0 aliphatic heterocycles. The molecule has 0 bridgehead atoms. The third-order valence-corrected chi connectivity index (χ3v) is 4.39. The molecule has 1 rings (SSSR count). The predicted octanol–water partition coefficient (Wildman–Crippen LogP) is 1.17. The summed E-state index contributed by atoms with van der Waals surface area (Å²) in [5.74, 6) is 0.787. The van der Waals surface area contributed by atoms with Gasteiger partial charge in [0.15, 0.2) is 0 Å². The molecule has 0 fully saturated rings. The highest BCUT2D eigenvalue weighted by molar-refractivity contribution is 7.99. The van der Waals surface area contributed by atoms with Gasteiger partial charge in [0.05, 0.1) is 12.1 Å². The molecular weight excluding hydrogens is 262 g/mol. The molecule has 1 atom stereocenters. The van der Waals surface area contributed by atoms with E-state index in [4.69, 9.17) is 0 Å². The van der Waals surface area contributed by atoms with Crippen LogP contribution in [0.2, 0.25) is 0 Å². The molecule has 7 heteroatoms. The smallest absolute Gasteiger partial charge is 0.209 e. The number of aliphatic hydroxyl groups is 1. The van der Waals surface area contributed by atoms with Gasteiger partial charge in [0.2, 0.25) is 5.16 Å². The van der Waals surface area contributed by atoms with Gasteiger partial charge in [0.1, 0.15) is 0 Å². The Hall–Kier alpha value is -0.660. The first-order chi connectivity index (χ1) is 8.83. The summed E-state index contributed by atoms with van der Waals surface area (Å²) in [6.07, 6.45) is 0. The molecule has 1 heterocycles. The summed E-state index contributed by atoms with van der Waals surface area (Å²) < 4.78 is 1.77. The Labute approximate surface area is 119 Å². The molecule has 0 radical (unpaired) electrons. The highest BCUT2D eigenvalue weighted by Crippen LogP contribution is 2.25. The minimum absolute atomic E-state index is 0.201. The second-order valence-corrected chi connectivity index (χ2v) is 6.54. The molecule has 0 spiro atoms. The predicted molar refractivity (Wildman–Crippen MR) is 77.1 cm³/mol. The van der Waals surface area contributed by atoms with E-state index >= 15 is 0 Å². The van der Waals surface area contributed by atoms with Crippen LogP contribution in [0.4, 0.5) is 0 Å². The monoisotopic (exact) mass is 287 g/mol. The Balaban J connectivity index is 2.49. The maximum absolute atomic E-state index is 10.2. The number of tetrazole rings is 1. The zero-order valence-electron chi connectivity index (χ0n) is 12.4. The standard InChI is InChI=1S/C12H25N5OS/c1-9(2)12(5,18)8-19-11-14-15-16-17(11)7-6-13-10(3)4/h9-10,13,18H,6-8H2,1-5H3. The maximum Gasteiger partial charge on any atom is 0.209 e. The molecule has 110 valence electrons. The highest BCUT2D eigenvalue weighted by atomic mass is 32.2. The van der Waals surface area contributed by atoms with Crippen molar-refractivity contribution in [2.45, 2.75) is 58.0 Å². The Kier molecular flexibility index (Phi) is 6.22. The van der Waals surface area contributed by atoms with Gasteiger partial charge in [-0.15, -0.1) is 5.10 Å². The van der Waals surface area contributed by atoms with E-state index in [9.17, 15) is 5.11 Å². The van der Waals surface area contributed by atoms with Gasteiger partial charge in [0.25, 0.3) is 0 Å². The van der Waals surface area contributed by atoms with E-state index in [0.717, 1.165) is 18.2 Å². The van der Waals surface area contributed by atoms with E-state index < -0.39 is 5.60 Å². The van der Waals surface area contributed by atoms with E-state index in [-0.39, 0.29) is 5.92 Å². The van der Waals surface area contributed by atoms with Gasteiger partial charge in [0, 0.05) is 18.3 Å². The van der Waals surface area contributed by atoms with E-state index in [1.165, 1.54) is 11.8 Å². The van der Waals surface area contributed by atoms with Crippen molar-refractivity contribution in [2.75, 3.05) is 12.3 Å². The van der Waals surface area contributed by atoms with Crippen LogP contribution in [0, 0.1) is 5.92 Å². The van der Waals surface area contributed by atoms with E-state index in [1.54, 1.807) is 4.68 Å². The maximum atomic E-state index is 10.2. The van der Waals surface area contributed by atoms with Crippen LogP contribution in [-0.2, 0) is 6.54 Å². The first-order valence-electron chi connectivity index (χ1n) is 6.67. The molecule has 1 aromatic rings. The second kappa shape index (κ2) is 7.21. The molecule has 0 aromatic carbocycles. The Morgan fingerprint density at radius 1 is 1.37 bits per heavy atom. The molecule has 6 nitrogen and oxygen atoms in total. The molecule has 0 aliphatic rings. The zero-order valence-corrected chi connectivity index (χ0v) is 13.2. The fourth-order valence-corrected chi connectivity index (χ4v) is 2.40. The van der Waals surface area contributed by atoms with E-state index in [2.05, 4.69) is 34.7 Å². The van der Waals surface area contributed by atoms with Crippen molar-refractivity contribution in [1.29, 1.82) is 0 Å². The largest absolute Gasteiger partial charge is 0.389 e. The van der Waals surface area contributed by atoms with Crippen molar-refractivity contribution in [2.24, 2.45) is 5.92 Å². The third kappa shape index (κ3) is 5.46. The molecule has 0 saturated heterocycles. The van der Waals surface area contributed by atoms with Crippen molar-refractivity contribution in [1.82, 2.24) is 25.5 Å². The van der Waals surface area contributed by atoms with Crippen LogP contribution in [0.15, 0.2) is 5.16 Å². The molecule has 0 amide bonds. The van der Waals surface area contributed by atoms with Gasteiger partial charge < -0.3 is 10.4 Å². The van der Waals surface area contributed by atoms with Gasteiger partial charge in [-0.2, -0.15) is 0 Å². The molecule has 2 N–H and O–H groups in total. The summed E-state index contributed by atoms with van der Waals surface area (Å²) >= 11 is 1.50. The normalized spacial score (nSPS) is 15.2. The topological polar surface area (TPSA) is 75.9 Å². The van der Waals surface area contributed by atoms with Crippen LogP contribution in [0.3, 0.4) is 0 Å². The van der Waals surface area contributed by atoms with Crippen LogP contribution < -0.4 is 5.32 Å². The number of hydrogen-bond acceptors (Lipinski definition) is 6. The molecule has 0 saturated carbocycles. The molecule has 19 heavy (non-hydrogen) atoms. The van der Waals surface area contributed by atoms with Crippen molar-refractivity contribution in [3.05, 3.63) is 0 Å². The Morgan fingerprint density at radius 2 is 2.05 bits per heavy atom. The number of thioether (sulfide) groups is 1. The van der Waals surface area contributed by atoms with Gasteiger partial charge in [-0.1, -0.05) is 39.5 Å². The van der Waals surface area contributed by atoms with Crippen LogP contribution in [-0.4, -0.2) is 49.3 Å². The summed E-state index contributed by atoms with van der Waals surface area (Å²) in [4.78, 5) is 0. The van der Waals surface area contributed by atoms with Crippen molar-refractivity contribution >= 4 is 11.8 Å². The molecule has 0 aliphatic carbocycles. The van der Waals surface area contributed by atoms with Crippen LogP contribution in [0.5, 0.6) is 0 Å². The lowest BCUT2D eigenvalue weighted by Crippen LogP contribution is -2.34. The fraction of sp³-hybridized carbons (Fsp3) is 0.917. The SMILES string of the molecule is CC(C)NCCn1nnnc1SCC(C)(O)C(C)C. The van der Waals surface area contributed by atoms with Gasteiger partial charge in [-0.3, -0.25) is 0 Å². The average Bonchev–Trinajstić information content (AvgIpc) is 2.73. The quantitative estimate of drug-likeness (QED) is 0.699. The van der Waals surface area contributed by atoms with Crippen LogP contribution in [0.1, 0.15) is 34.6 Å². The Bertz CT molecular complexity index is 378. The first kappa shape index (κ1) is 16.4. The van der Waals surface area contributed by atoms with Gasteiger partial charge in [-0.05, 0) is 23.3 Å². The van der Waals surface area contributed by atoms with Gasteiger partial charge >= 0.3 is 0 Å². The Morgan fingerprint density at radius 3 is 2.63 bits per heavy atom. The lowest BCUT2D eigenvalue weighted by Gasteiger charge is -2.26. The van der Waals surface area contributed by atoms with Crippen LogP contribution >= 0.6 is 11.8 Å². The first-order valence-corrected chi connectivity index (χ1v) is 7.66. The van der Waals surface area contributed by atoms with E-state index in [0.29, 0.717) is 11.8 Å². The average molecular weight is 287 g/mol. The molecule has 1 aromatic heterocycles. The summed E-state index contributed by atoms with van der Waals surface area (Å²) in [5.41, 5.74) is -0.711. The minimum atomic E-state index is -0.711. The van der Waals surface area contributed by atoms with Crippen molar-refractivity contribution in [3.63, 3.8) is 0 Å². The van der Waals surface area contributed by atoms with Crippen molar-refractivity contribution < 1.29 is 5.11 Å². The number of rotatable bonds is 8. The summed E-state index contributed by atoms with van der Waals surface area (Å²) in [6.45, 7) is 11.6. The zero-order chi connectivity index (χ0) is 14.5. The lowest BCUT2D eigenvalue weighted by molar-refractivity contribution is 0.0375. The van der Waals surface area contributed by atoms with Crippen molar-refractivity contribution in [3.8, 4) is 0 Å². The molecular formula is C12H25N5OS. The minimum Gasteiger partial charge on any atom is -0.389 e. The summed E-state index contributed by atoms with van der Waals surface area (Å²) in [5, 5.41) is 26.0. The number of aromatic nitrogens is 4. The third-order valence-electron chi connectivity index (χ3n) is 3.11. The number of nitrogens with one attached hydrogen (secondary N) is 1. The highest BCUT2D eigenvalue weighted by Gasteiger charge is 2.26. The summed E-state index contributed by atoms with van der Waals surface area (Å²) in [6, 6.07) is 0.453. The molecule has 1 unspecified atom stereocenters.